The Labute approximate surface area is 174 Å². The lowest BCUT2D eigenvalue weighted by molar-refractivity contribution is -0.00471. The van der Waals surface area contributed by atoms with Gasteiger partial charge in [-0.2, -0.15) is 0 Å². The Morgan fingerprint density at radius 3 is 2.76 bits per heavy atom. The second-order valence-corrected chi connectivity index (χ2v) is 8.31. The molecule has 0 radical (unpaired) electrons. The number of pyridine rings is 1. The highest BCUT2D eigenvalue weighted by Crippen LogP contribution is 2.42. The van der Waals surface area contributed by atoms with Crippen LogP contribution in [0.5, 0.6) is 5.75 Å². The topological polar surface area (TPSA) is 68.5 Å². The van der Waals surface area contributed by atoms with Gasteiger partial charge in [0.05, 0.1) is 10.5 Å². The fourth-order valence-electron chi connectivity index (χ4n) is 4.51. The molecule has 2 N–H and O–H groups in total. The van der Waals surface area contributed by atoms with Gasteiger partial charge in [0, 0.05) is 43.1 Å². The molecular weight excluding hydrogens is 386 g/mol. The number of hydrogen-bond acceptors (Lipinski definition) is 3. The van der Waals surface area contributed by atoms with Crippen molar-refractivity contribution in [3.8, 4) is 16.9 Å². The highest BCUT2D eigenvalue weighted by Gasteiger charge is 2.40. The zero-order valence-electron chi connectivity index (χ0n) is 16.0. The van der Waals surface area contributed by atoms with Crippen LogP contribution in [0.4, 0.5) is 4.79 Å². The number of amides is 2. The average Bonchev–Trinajstić information content (AvgIpc) is 2.74. The Bertz CT molecular complexity index is 1110. The van der Waals surface area contributed by atoms with Gasteiger partial charge in [-0.1, -0.05) is 35.9 Å². The Balaban J connectivity index is 1.42. The molecule has 5 rings (SSSR count). The normalized spacial score (nSPS) is 17.8. The molecule has 2 amide bonds. The molecule has 0 bridgehead atoms. The van der Waals surface area contributed by atoms with Crippen molar-refractivity contribution in [1.82, 2.24) is 9.88 Å². The summed E-state index contributed by atoms with van der Waals surface area (Å²) in [6, 6.07) is 14.0. The van der Waals surface area contributed by atoms with Gasteiger partial charge in [0.1, 0.15) is 11.4 Å². The Hall–Kier alpha value is -2.79. The average molecular weight is 408 g/mol. The SMILES string of the molecule is NC(=O)N1CCC2(CCc3cc(-c4ccc5cccnc5c4Cl)ccc3O2)CC1. The number of rotatable bonds is 1. The van der Waals surface area contributed by atoms with Crippen molar-refractivity contribution in [2.75, 3.05) is 13.1 Å². The van der Waals surface area contributed by atoms with E-state index in [0.29, 0.717) is 18.1 Å². The van der Waals surface area contributed by atoms with Crippen molar-refractivity contribution in [3.63, 3.8) is 0 Å². The van der Waals surface area contributed by atoms with Gasteiger partial charge in [-0.15, -0.1) is 0 Å². The molecule has 0 saturated carbocycles. The van der Waals surface area contributed by atoms with Crippen molar-refractivity contribution in [2.24, 2.45) is 5.73 Å². The van der Waals surface area contributed by atoms with E-state index >= 15 is 0 Å². The van der Waals surface area contributed by atoms with Crippen LogP contribution in [0, 0.1) is 0 Å². The molecule has 1 fully saturated rings. The predicted molar refractivity (Wildman–Crippen MR) is 114 cm³/mol. The predicted octanol–water partition coefficient (Wildman–Crippen LogP) is 4.79. The highest BCUT2D eigenvalue weighted by molar-refractivity contribution is 6.37. The second kappa shape index (κ2) is 6.92. The third kappa shape index (κ3) is 3.19. The minimum atomic E-state index is -0.345. The highest BCUT2D eigenvalue weighted by atomic mass is 35.5. The van der Waals surface area contributed by atoms with Crippen LogP contribution in [-0.4, -0.2) is 34.6 Å². The van der Waals surface area contributed by atoms with E-state index in [0.717, 1.165) is 53.5 Å². The van der Waals surface area contributed by atoms with Crippen molar-refractivity contribution >= 4 is 28.5 Å². The van der Waals surface area contributed by atoms with Crippen LogP contribution in [0.25, 0.3) is 22.0 Å². The number of fused-ring (bicyclic) bond motifs is 2. The summed E-state index contributed by atoms with van der Waals surface area (Å²) in [4.78, 5) is 17.5. The molecule has 3 aromatic rings. The van der Waals surface area contributed by atoms with Gasteiger partial charge in [0.2, 0.25) is 0 Å². The zero-order valence-corrected chi connectivity index (χ0v) is 16.8. The summed E-state index contributed by atoms with van der Waals surface area (Å²) in [6.45, 7) is 1.31. The molecule has 2 aliphatic rings. The number of primary amides is 1. The number of urea groups is 1. The number of carbonyl (C=O) groups is 1. The fourth-order valence-corrected chi connectivity index (χ4v) is 4.84. The molecule has 2 aromatic carbocycles. The number of nitrogens with zero attached hydrogens (tertiary/aromatic N) is 2. The van der Waals surface area contributed by atoms with E-state index in [1.807, 2.05) is 18.2 Å². The minimum Gasteiger partial charge on any atom is -0.487 e. The number of carbonyl (C=O) groups excluding carboxylic acids is 1. The maximum atomic E-state index is 11.4. The summed E-state index contributed by atoms with van der Waals surface area (Å²) in [5.74, 6) is 0.933. The van der Waals surface area contributed by atoms with Crippen LogP contribution in [0.1, 0.15) is 24.8 Å². The van der Waals surface area contributed by atoms with Crippen LogP contribution >= 0.6 is 11.6 Å². The molecule has 2 aliphatic heterocycles. The first-order valence-corrected chi connectivity index (χ1v) is 10.3. The lowest BCUT2D eigenvalue weighted by Gasteiger charge is -2.44. The summed E-state index contributed by atoms with van der Waals surface area (Å²) in [5, 5.41) is 1.71. The standard InChI is InChI=1S/C23H22ClN3O2/c24-20-18(5-3-15-2-1-11-26-21(15)20)16-4-6-19-17(14-16)7-8-23(29-19)9-12-27(13-10-23)22(25)28/h1-6,11,14H,7-10,12-13H2,(H2,25,28). The van der Waals surface area contributed by atoms with Gasteiger partial charge in [-0.3, -0.25) is 4.98 Å². The van der Waals surface area contributed by atoms with E-state index in [-0.39, 0.29) is 11.6 Å². The number of likely N-dealkylation sites (tertiary alicyclic amines) is 1. The lowest BCUT2D eigenvalue weighted by atomic mass is 9.82. The first-order valence-electron chi connectivity index (χ1n) is 9.95. The van der Waals surface area contributed by atoms with Crippen molar-refractivity contribution in [2.45, 2.75) is 31.3 Å². The quantitative estimate of drug-likeness (QED) is 0.630. The number of halogens is 1. The van der Waals surface area contributed by atoms with E-state index in [1.54, 1.807) is 11.1 Å². The molecule has 0 atom stereocenters. The fraction of sp³-hybridized carbons (Fsp3) is 0.304. The van der Waals surface area contributed by atoms with Gasteiger partial charge in [0.15, 0.2) is 0 Å². The van der Waals surface area contributed by atoms with Gasteiger partial charge in [-0.05, 0) is 42.2 Å². The lowest BCUT2D eigenvalue weighted by Crippen LogP contribution is -2.52. The molecule has 5 nitrogen and oxygen atoms in total. The molecule has 1 spiro atoms. The van der Waals surface area contributed by atoms with E-state index in [4.69, 9.17) is 22.1 Å². The number of nitrogens with two attached hydrogens (primary N) is 1. The van der Waals surface area contributed by atoms with Crippen molar-refractivity contribution in [3.05, 3.63) is 59.2 Å². The number of ether oxygens (including phenoxy) is 1. The summed E-state index contributed by atoms with van der Waals surface area (Å²) in [5.41, 5.74) is 9.29. The number of benzene rings is 2. The van der Waals surface area contributed by atoms with E-state index in [1.165, 1.54) is 5.56 Å². The Morgan fingerprint density at radius 1 is 1.14 bits per heavy atom. The summed E-state index contributed by atoms with van der Waals surface area (Å²) >= 11 is 6.68. The second-order valence-electron chi connectivity index (χ2n) is 7.94. The molecular formula is C23H22ClN3O2. The number of piperidine rings is 1. The molecule has 6 heteroatoms. The number of aryl methyl sites for hydroxylation is 1. The van der Waals surface area contributed by atoms with Crippen LogP contribution in [0.2, 0.25) is 5.02 Å². The smallest absolute Gasteiger partial charge is 0.314 e. The monoisotopic (exact) mass is 407 g/mol. The summed E-state index contributed by atoms with van der Waals surface area (Å²) < 4.78 is 6.46. The summed E-state index contributed by atoms with van der Waals surface area (Å²) in [7, 11) is 0. The van der Waals surface area contributed by atoms with Gasteiger partial charge >= 0.3 is 6.03 Å². The van der Waals surface area contributed by atoms with Gasteiger partial charge in [0.25, 0.3) is 0 Å². The molecule has 148 valence electrons. The van der Waals surface area contributed by atoms with Gasteiger partial charge < -0.3 is 15.4 Å². The van der Waals surface area contributed by atoms with Crippen LogP contribution < -0.4 is 10.5 Å². The maximum Gasteiger partial charge on any atom is 0.314 e. The first-order chi connectivity index (χ1) is 14.0. The Morgan fingerprint density at radius 2 is 1.97 bits per heavy atom. The van der Waals surface area contributed by atoms with Crippen LogP contribution in [-0.2, 0) is 6.42 Å². The van der Waals surface area contributed by atoms with E-state index in [2.05, 4.69) is 29.2 Å². The summed E-state index contributed by atoms with van der Waals surface area (Å²) in [6.07, 6.45) is 5.30. The third-order valence-corrected chi connectivity index (χ3v) is 6.63. The van der Waals surface area contributed by atoms with E-state index < -0.39 is 0 Å². The maximum absolute atomic E-state index is 11.4. The van der Waals surface area contributed by atoms with Crippen LogP contribution in [0.3, 0.4) is 0 Å². The van der Waals surface area contributed by atoms with Gasteiger partial charge in [-0.25, -0.2) is 4.79 Å². The van der Waals surface area contributed by atoms with Crippen LogP contribution in [0.15, 0.2) is 48.7 Å². The molecule has 0 aliphatic carbocycles. The molecule has 0 unspecified atom stereocenters. The number of hydrogen-bond donors (Lipinski definition) is 1. The first kappa shape index (κ1) is 18.3. The zero-order chi connectivity index (χ0) is 20.0. The minimum absolute atomic E-state index is 0.190. The van der Waals surface area contributed by atoms with Crippen molar-refractivity contribution < 1.29 is 9.53 Å². The Kier molecular flexibility index (Phi) is 4.36. The number of aromatic nitrogens is 1. The third-order valence-electron chi connectivity index (χ3n) is 6.25. The molecule has 1 aromatic heterocycles. The largest absolute Gasteiger partial charge is 0.487 e. The molecule has 1 saturated heterocycles. The van der Waals surface area contributed by atoms with Crippen molar-refractivity contribution in [1.29, 1.82) is 0 Å². The van der Waals surface area contributed by atoms with E-state index in [9.17, 15) is 4.79 Å². The molecule has 3 heterocycles. The molecule has 29 heavy (non-hydrogen) atoms.